The Kier molecular flexibility index (Phi) is 4.25. The molecular formula is C5ClF10I. The SMILES string of the molecule is FC(F)(F)C(F)(F)C(F)(F)C(F)(Cl)C(F)(F)I. The fourth-order valence-electron chi connectivity index (χ4n) is 0.553. The van der Waals surface area contributed by atoms with Crippen LogP contribution in [0.15, 0.2) is 0 Å². The first kappa shape index (κ1) is 17.3. The molecule has 0 bridgehead atoms. The first-order valence-corrected chi connectivity index (χ1v) is 4.72. The van der Waals surface area contributed by atoms with Gasteiger partial charge in [0.15, 0.2) is 0 Å². The highest BCUT2D eigenvalue weighted by molar-refractivity contribution is 14.1. The number of hydrogen-bond acceptors (Lipinski definition) is 0. The Labute approximate surface area is 105 Å². The molecule has 0 saturated heterocycles. The Bertz CT molecular complexity index is 260. The van der Waals surface area contributed by atoms with Crippen LogP contribution in [-0.2, 0) is 0 Å². The van der Waals surface area contributed by atoms with Gasteiger partial charge in [-0.05, 0) is 0 Å². The molecule has 0 N–H and O–H groups in total. The maximum absolute atomic E-state index is 12.7. The Hall–Kier alpha value is 0.320. The van der Waals surface area contributed by atoms with E-state index in [1.165, 1.54) is 0 Å². The molecule has 0 spiro atoms. The zero-order valence-corrected chi connectivity index (χ0v) is 9.95. The summed E-state index contributed by atoms with van der Waals surface area (Å²) in [4.78, 5) is 0. The van der Waals surface area contributed by atoms with Crippen molar-refractivity contribution in [1.29, 1.82) is 0 Å². The number of halogens is 12. The third-order valence-electron chi connectivity index (χ3n) is 1.50. The molecule has 0 aromatic rings. The summed E-state index contributed by atoms with van der Waals surface area (Å²) in [5.74, 6) is -13.9. The summed E-state index contributed by atoms with van der Waals surface area (Å²) in [6, 6.07) is 0. The maximum atomic E-state index is 12.7. The standard InChI is InChI=1S/C5ClF10I/c6-1(7,5(15,16)17)2(8,9)3(10,11)4(12,13)14. The Morgan fingerprint density at radius 1 is 0.647 bits per heavy atom. The van der Waals surface area contributed by atoms with Crippen molar-refractivity contribution < 1.29 is 43.9 Å². The van der Waals surface area contributed by atoms with E-state index in [2.05, 4.69) is 11.6 Å². The van der Waals surface area contributed by atoms with Crippen molar-refractivity contribution in [3.8, 4) is 0 Å². The molecule has 0 aromatic carbocycles. The third-order valence-corrected chi connectivity index (χ3v) is 3.04. The quantitative estimate of drug-likeness (QED) is 0.357. The summed E-state index contributed by atoms with van der Waals surface area (Å²) in [6.07, 6.45) is -6.94. The van der Waals surface area contributed by atoms with E-state index < -0.39 is 49.7 Å². The summed E-state index contributed by atoms with van der Waals surface area (Å²) in [5, 5.41) is -5.90. The highest BCUT2D eigenvalue weighted by Crippen LogP contribution is 2.59. The summed E-state index contributed by atoms with van der Waals surface area (Å²) in [5.41, 5.74) is 0. The lowest BCUT2D eigenvalue weighted by Crippen LogP contribution is -2.64. The van der Waals surface area contributed by atoms with E-state index in [0.29, 0.717) is 0 Å². The lowest BCUT2D eigenvalue weighted by Gasteiger charge is -2.36. The van der Waals surface area contributed by atoms with Gasteiger partial charge in [0.25, 0.3) is 0 Å². The lowest BCUT2D eigenvalue weighted by molar-refractivity contribution is -0.378. The van der Waals surface area contributed by atoms with E-state index in [1.807, 2.05) is 0 Å². The molecule has 0 saturated carbocycles. The molecule has 104 valence electrons. The topological polar surface area (TPSA) is 0 Å². The Balaban J connectivity index is 5.73. The fourth-order valence-corrected chi connectivity index (χ4v) is 1.01. The molecule has 1 atom stereocenters. The van der Waals surface area contributed by atoms with Gasteiger partial charge in [0.1, 0.15) is 0 Å². The minimum Gasteiger partial charge on any atom is -0.211 e. The van der Waals surface area contributed by atoms with Crippen LogP contribution in [0, 0.1) is 0 Å². The van der Waals surface area contributed by atoms with Crippen molar-refractivity contribution in [2.45, 2.75) is 27.1 Å². The highest BCUT2D eigenvalue weighted by atomic mass is 127. The van der Waals surface area contributed by atoms with Gasteiger partial charge in [0.2, 0.25) is 0 Å². The molecule has 0 aliphatic rings. The normalized spacial score (nSPS) is 19.1. The van der Waals surface area contributed by atoms with Gasteiger partial charge in [-0.3, -0.25) is 0 Å². The molecule has 0 aliphatic heterocycles. The summed E-state index contributed by atoms with van der Waals surface area (Å²) >= 11 is 3.43. The minimum atomic E-state index is -7.05. The van der Waals surface area contributed by atoms with Crippen LogP contribution in [0.5, 0.6) is 0 Å². The summed E-state index contributed by atoms with van der Waals surface area (Å²) < 4.78 is 116. The average molecular weight is 412 g/mol. The Morgan fingerprint density at radius 3 is 1.12 bits per heavy atom. The first-order valence-electron chi connectivity index (χ1n) is 3.27. The van der Waals surface area contributed by atoms with Crippen LogP contribution in [-0.4, -0.2) is 27.1 Å². The second kappa shape index (κ2) is 4.17. The number of alkyl halides is 12. The van der Waals surface area contributed by atoms with E-state index in [-0.39, 0.29) is 0 Å². The number of hydrogen-bond donors (Lipinski definition) is 0. The van der Waals surface area contributed by atoms with Crippen LogP contribution >= 0.6 is 34.2 Å². The molecule has 0 aliphatic carbocycles. The van der Waals surface area contributed by atoms with E-state index in [4.69, 9.17) is 0 Å². The largest absolute Gasteiger partial charge is 0.460 e. The second-order valence-corrected chi connectivity index (χ2v) is 4.59. The molecule has 0 rings (SSSR count). The van der Waals surface area contributed by atoms with Crippen molar-refractivity contribution >= 4 is 34.2 Å². The second-order valence-electron chi connectivity index (χ2n) is 2.72. The van der Waals surface area contributed by atoms with E-state index >= 15 is 0 Å². The molecule has 0 radical (unpaired) electrons. The van der Waals surface area contributed by atoms with Gasteiger partial charge in [-0.25, -0.2) is 4.39 Å². The van der Waals surface area contributed by atoms with Gasteiger partial charge in [-0.2, -0.15) is 39.5 Å². The molecular weight excluding hydrogens is 412 g/mol. The summed E-state index contributed by atoms with van der Waals surface area (Å²) in [6.45, 7) is 0. The molecule has 0 heterocycles. The van der Waals surface area contributed by atoms with Gasteiger partial charge in [-0.15, -0.1) is 0 Å². The lowest BCUT2D eigenvalue weighted by atomic mass is 10.1. The van der Waals surface area contributed by atoms with Gasteiger partial charge < -0.3 is 0 Å². The minimum absolute atomic E-state index is 0.408. The van der Waals surface area contributed by atoms with Gasteiger partial charge in [0, 0.05) is 22.6 Å². The zero-order valence-electron chi connectivity index (χ0n) is 7.04. The monoisotopic (exact) mass is 412 g/mol. The van der Waals surface area contributed by atoms with Crippen molar-refractivity contribution in [3.05, 3.63) is 0 Å². The van der Waals surface area contributed by atoms with Crippen LogP contribution in [0.2, 0.25) is 0 Å². The first-order chi connectivity index (χ1) is 7.00. The van der Waals surface area contributed by atoms with Crippen LogP contribution in [0.3, 0.4) is 0 Å². The van der Waals surface area contributed by atoms with E-state index in [1.54, 1.807) is 0 Å². The van der Waals surface area contributed by atoms with Crippen LogP contribution in [0.4, 0.5) is 43.9 Å². The molecule has 17 heavy (non-hydrogen) atoms. The predicted octanol–water partition coefficient (Wildman–Crippen LogP) is 4.75. The molecule has 0 amide bonds. The summed E-state index contributed by atoms with van der Waals surface area (Å²) in [7, 11) is 0. The molecule has 0 nitrogen and oxygen atoms in total. The van der Waals surface area contributed by atoms with Crippen LogP contribution in [0.1, 0.15) is 0 Å². The van der Waals surface area contributed by atoms with Crippen LogP contribution < -0.4 is 0 Å². The van der Waals surface area contributed by atoms with Gasteiger partial charge in [0.05, 0.1) is 0 Å². The van der Waals surface area contributed by atoms with E-state index in [0.717, 1.165) is 0 Å². The zero-order chi connectivity index (χ0) is 14.5. The third kappa shape index (κ3) is 2.54. The average Bonchev–Trinajstić information content (AvgIpc) is 1.98. The van der Waals surface area contributed by atoms with Gasteiger partial charge >= 0.3 is 27.1 Å². The van der Waals surface area contributed by atoms with Crippen molar-refractivity contribution in [2.24, 2.45) is 0 Å². The fraction of sp³-hybridized carbons (Fsp3) is 1.00. The predicted molar refractivity (Wildman–Crippen MR) is 44.6 cm³/mol. The van der Waals surface area contributed by atoms with Crippen molar-refractivity contribution in [2.75, 3.05) is 0 Å². The van der Waals surface area contributed by atoms with Crippen LogP contribution in [0.25, 0.3) is 0 Å². The number of rotatable bonds is 3. The van der Waals surface area contributed by atoms with Crippen molar-refractivity contribution in [1.82, 2.24) is 0 Å². The molecule has 0 fully saturated rings. The molecule has 1 unspecified atom stereocenters. The molecule has 0 aromatic heterocycles. The molecule has 12 heteroatoms. The van der Waals surface area contributed by atoms with E-state index in [9.17, 15) is 43.9 Å². The highest BCUT2D eigenvalue weighted by Gasteiger charge is 2.85. The Morgan fingerprint density at radius 2 is 0.941 bits per heavy atom. The maximum Gasteiger partial charge on any atom is 0.460 e. The smallest absolute Gasteiger partial charge is 0.211 e. The van der Waals surface area contributed by atoms with Gasteiger partial charge in [-0.1, -0.05) is 11.6 Å². The van der Waals surface area contributed by atoms with Crippen molar-refractivity contribution in [3.63, 3.8) is 0 Å².